The fourth-order valence-corrected chi connectivity index (χ4v) is 0.967. The fraction of sp³-hybridized carbons (Fsp3) is 0.143. The van der Waals surface area contributed by atoms with Gasteiger partial charge in [-0.15, -0.1) is 0 Å². The highest BCUT2D eigenvalue weighted by Crippen LogP contribution is 2.20. The molecule has 0 amide bonds. The number of hydrogen-bond acceptors (Lipinski definition) is 3. The molecule has 0 N–H and O–H groups in total. The van der Waals surface area contributed by atoms with E-state index >= 15 is 0 Å². The van der Waals surface area contributed by atoms with Gasteiger partial charge in [-0.05, 0) is 22.0 Å². The molecule has 1 rings (SSSR count). The van der Waals surface area contributed by atoms with Crippen molar-refractivity contribution in [1.82, 2.24) is 0 Å². The van der Waals surface area contributed by atoms with Gasteiger partial charge in [0.15, 0.2) is 0 Å². The zero-order valence-corrected chi connectivity index (χ0v) is 7.87. The van der Waals surface area contributed by atoms with Gasteiger partial charge in [0, 0.05) is 6.92 Å². The topological polar surface area (TPSA) is 56.3 Å². The minimum atomic E-state index is -0.463. The largest absolute Gasteiger partial charge is 0.464 e. The van der Waals surface area contributed by atoms with Gasteiger partial charge in [0.05, 0.1) is 21.7 Å². The molecule has 0 spiro atoms. The molecule has 1 aromatic rings. The molecule has 5 heteroatoms. The molecule has 0 unspecified atom stereocenters. The second kappa shape index (κ2) is 3.53. The highest BCUT2D eigenvalue weighted by atomic mass is 79.9. The van der Waals surface area contributed by atoms with E-state index in [0.717, 1.165) is 0 Å². The van der Waals surface area contributed by atoms with E-state index in [2.05, 4.69) is 15.9 Å². The minimum absolute atomic E-state index is 0.0469. The summed E-state index contributed by atoms with van der Waals surface area (Å²) in [7, 11) is 0. The predicted octanol–water partition coefficient (Wildman–Crippen LogP) is 2.68. The Morgan fingerprint density at radius 3 is 2.92 bits per heavy atom. The van der Waals surface area contributed by atoms with E-state index in [1.165, 1.54) is 19.3 Å². The summed E-state index contributed by atoms with van der Waals surface area (Å²) in [6.45, 7) is 1.41. The Labute approximate surface area is 77.2 Å². The lowest BCUT2D eigenvalue weighted by atomic mass is 10.3. The van der Waals surface area contributed by atoms with E-state index in [4.69, 9.17) is 4.42 Å². The lowest BCUT2D eigenvalue weighted by molar-refractivity contribution is -0.422. The van der Waals surface area contributed by atoms with Gasteiger partial charge in [0.25, 0.3) is 0 Å². The molecule has 0 aliphatic rings. The van der Waals surface area contributed by atoms with Crippen molar-refractivity contribution in [1.29, 1.82) is 0 Å². The van der Waals surface area contributed by atoms with Crippen molar-refractivity contribution < 1.29 is 9.34 Å². The zero-order chi connectivity index (χ0) is 9.14. The van der Waals surface area contributed by atoms with Crippen LogP contribution >= 0.6 is 15.9 Å². The summed E-state index contributed by atoms with van der Waals surface area (Å²) in [5.74, 6) is 0.462. The molecule has 1 heterocycles. The van der Waals surface area contributed by atoms with Crippen LogP contribution in [0, 0.1) is 10.1 Å². The highest BCUT2D eigenvalue weighted by molar-refractivity contribution is 9.10. The third-order valence-electron chi connectivity index (χ3n) is 1.27. The van der Waals surface area contributed by atoms with Gasteiger partial charge in [-0.2, -0.15) is 0 Å². The molecule has 12 heavy (non-hydrogen) atoms. The maximum absolute atomic E-state index is 10.2. The van der Waals surface area contributed by atoms with E-state index in [1.807, 2.05) is 0 Å². The smallest absolute Gasteiger partial charge is 0.246 e. The van der Waals surface area contributed by atoms with Crippen LogP contribution in [0.15, 0.2) is 26.9 Å². The van der Waals surface area contributed by atoms with Crippen LogP contribution in [0.5, 0.6) is 0 Å². The van der Waals surface area contributed by atoms with Crippen molar-refractivity contribution in [3.05, 3.63) is 38.4 Å². The number of nitrogens with zero attached hydrogens (tertiary/aromatic N) is 1. The summed E-state index contributed by atoms with van der Waals surface area (Å²) >= 11 is 3.18. The molecule has 4 nitrogen and oxygen atoms in total. The van der Waals surface area contributed by atoms with Crippen molar-refractivity contribution in [2.24, 2.45) is 0 Å². The standard InChI is InChI=1S/C7H6BrNO3/c1-5(9(10)11)4-7-6(8)2-3-12-7/h2-4H,1H3/b5-4-. The van der Waals surface area contributed by atoms with Crippen molar-refractivity contribution in [2.45, 2.75) is 6.92 Å². The molecule has 0 aliphatic carbocycles. The van der Waals surface area contributed by atoms with Gasteiger partial charge < -0.3 is 4.42 Å². The number of allylic oxidation sites excluding steroid dienone is 1. The quantitative estimate of drug-likeness (QED) is 0.581. The van der Waals surface area contributed by atoms with Crippen LogP contribution in [0.3, 0.4) is 0 Å². The van der Waals surface area contributed by atoms with Crippen LogP contribution in [0.2, 0.25) is 0 Å². The first-order chi connectivity index (χ1) is 5.61. The number of hydrogen-bond donors (Lipinski definition) is 0. The maximum Gasteiger partial charge on any atom is 0.246 e. The van der Waals surface area contributed by atoms with E-state index in [0.29, 0.717) is 10.2 Å². The molecule has 0 fully saturated rings. The SMILES string of the molecule is C/C(=C/c1occc1Br)[N+](=O)[O-]. The lowest BCUT2D eigenvalue weighted by Gasteiger charge is -1.88. The van der Waals surface area contributed by atoms with Crippen LogP contribution in [0.25, 0.3) is 6.08 Å². The molecule has 0 saturated carbocycles. The Kier molecular flexibility index (Phi) is 2.65. The molecule has 0 atom stereocenters. The Morgan fingerprint density at radius 1 is 1.83 bits per heavy atom. The van der Waals surface area contributed by atoms with Crippen molar-refractivity contribution >= 4 is 22.0 Å². The second-order valence-electron chi connectivity index (χ2n) is 2.18. The first-order valence-electron chi connectivity index (χ1n) is 3.17. The Morgan fingerprint density at radius 2 is 2.50 bits per heavy atom. The van der Waals surface area contributed by atoms with Crippen LogP contribution in [0.1, 0.15) is 12.7 Å². The van der Waals surface area contributed by atoms with Crippen LogP contribution in [-0.4, -0.2) is 4.92 Å². The second-order valence-corrected chi connectivity index (χ2v) is 3.03. The van der Waals surface area contributed by atoms with Crippen molar-refractivity contribution in [3.8, 4) is 0 Å². The summed E-state index contributed by atoms with van der Waals surface area (Å²) < 4.78 is 5.67. The first-order valence-corrected chi connectivity index (χ1v) is 3.96. The maximum atomic E-state index is 10.2. The minimum Gasteiger partial charge on any atom is -0.464 e. The molecule has 0 aromatic carbocycles. The average Bonchev–Trinajstić information content (AvgIpc) is 2.36. The van der Waals surface area contributed by atoms with E-state index in [-0.39, 0.29) is 5.70 Å². The molecular formula is C7H6BrNO3. The predicted molar refractivity (Wildman–Crippen MR) is 47.1 cm³/mol. The van der Waals surface area contributed by atoms with Crippen LogP contribution in [0.4, 0.5) is 0 Å². The van der Waals surface area contributed by atoms with E-state index < -0.39 is 4.92 Å². The molecular weight excluding hydrogens is 226 g/mol. The lowest BCUT2D eigenvalue weighted by Crippen LogP contribution is -1.92. The summed E-state index contributed by atoms with van der Waals surface area (Å²) in [6, 6.07) is 1.68. The third kappa shape index (κ3) is 1.94. The molecule has 0 aliphatic heterocycles. The number of furan rings is 1. The summed E-state index contributed by atoms with van der Waals surface area (Å²) in [5.41, 5.74) is 0.0469. The normalized spacial score (nSPS) is 11.7. The Bertz CT molecular complexity index is 329. The average molecular weight is 232 g/mol. The molecule has 0 saturated heterocycles. The van der Waals surface area contributed by atoms with E-state index in [1.54, 1.807) is 6.07 Å². The highest BCUT2D eigenvalue weighted by Gasteiger charge is 2.06. The molecule has 1 aromatic heterocycles. The van der Waals surface area contributed by atoms with Gasteiger partial charge >= 0.3 is 0 Å². The first kappa shape index (κ1) is 8.99. The molecule has 64 valence electrons. The number of rotatable bonds is 2. The summed E-state index contributed by atoms with van der Waals surface area (Å²) in [6.07, 6.45) is 2.83. The number of nitro groups is 1. The van der Waals surface area contributed by atoms with Crippen LogP contribution < -0.4 is 0 Å². The zero-order valence-electron chi connectivity index (χ0n) is 6.28. The molecule has 0 bridgehead atoms. The monoisotopic (exact) mass is 231 g/mol. The fourth-order valence-electron chi connectivity index (χ4n) is 0.651. The van der Waals surface area contributed by atoms with Gasteiger partial charge in [-0.3, -0.25) is 10.1 Å². The van der Waals surface area contributed by atoms with Crippen molar-refractivity contribution in [2.75, 3.05) is 0 Å². The number of halogens is 1. The van der Waals surface area contributed by atoms with Crippen molar-refractivity contribution in [3.63, 3.8) is 0 Å². The van der Waals surface area contributed by atoms with E-state index in [9.17, 15) is 10.1 Å². The van der Waals surface area contributed by atoms with Gasteiger partial charge in [0.1, 0.15) is 5.76 Å². The summed E-state index contributed by atoms with van der Waals surface area (Å²) in [5, 5.41) is 10.2. The molecule has 0 radical (unpaired) electrons. The van der Waals surface area contributed by atoms with Gasteiger partial charge in [-0.25, -0.2) is 0 Å². The third-order valence-corrected chi connectivity index (χ3v) is 1.93. The summed E-state index contributed by atoms with van der Waals surface area (Å²) in [4.78, 5) is 9.75. The van der Waals surface area contributed by atoms with Crippen LogP contribution in [-0.2, 0) is 0 Å². The van der Waals surface area contributed by atoms with Gasteiger partial charge in [0.2, 0.25) is 5.70 Å². The van der Waals surface area contributed by atoms with Gasteiger partial charge in [-0.1, -0.05) is 0 Å². The Hall–Kier alpha value is -1.10. The Balaban J connectivity index is 2.95.